The van der Waals surface area contributed by atoms with Gasteiger partial charge < -0.3 is 0 Å². The van der Waals surface area contributed by atoms with Gasteiger partial charge in [-0.25, -0.2) is 18.4 Å². The third-order valence-corrected chi connectivity index (χ3v) is 4.52. The smallest absolute Gasteiger partial charge is 0.224 e. The zero-order chi connectivity index (χ0) is 12.6. The summed E-state index contributed by atoms with van der Waals surface area (Å²) in [5, 5.41) is 0.778. The zero-order valence-electron chi connectivity index (χ0n) is 8.81. The lowest BCUT2D eigenvalue weighted by atomic mass is 10.2. The molecular weight excluding hydrogens is 283 g/mol. The van der Waals surface area contributed by atoms with Gasteiger partial charge in [-0.1, -0.05) is 18.5 Å². The fraction of sp³-hybridized carbons (Fsp3) is 0.200. The van der Waals surface area contributed by atoms with Crippen LogP contribution in [0.5, 0.6) is 0 Å². The Morgan fingerprint density at radius 3 is 2.59 bits per heavy atom. The normalized spacial score (nSPS) is 11.9. The van der Waals surface area contributed by atoms with Gasteiger partial charge in [0.05, 0.1) is 16.2 Å². The Labute approximate surface area is 109 Å². The second kappa shape index (κ2) is 4.40. The van der Waals surface area contributed by atoms with E-state index in [1.165, 1.54) is 12.1 Å². The first kappa shape index (κ1) is 12.5. The van der Waals surface area contributed by atoms with Crippen molar-refractivity contribution in [3.05, 3.63) is 28.6 Å². The average Bonchev–Trinajstić information content (AvgIpc) is 2.28. The van der Waals surface area contributed by atoms with Crippen molar-refractivity contribution in [3.63, 3.8) is 0 Å². The molecule has 0 N–H and O–H groups in total. The second-order valence-corrected chi connectivity index (χ2v) is 6.34. The molecule has 7 heteroatoms. The molecule has 0 atom stereocenters. The minimum Gasteiger partial charge on any atom is -0.224 e. The molecule has 0 amide bonds. The molecule has 1 aromatic heterocycles. The maximum atomic E-state index is 11.7. The van der Waals surface area contributed by atoms with Gasteiger partial charge in [0.25, 0.3) is 0 Å². The molecule has 2 aromatic rings. The number of aromatic nitrogens is 2. The van der Waals surface area contributed by atoms with E-state index in [4.69, 9.17) is 23.2 Å². The number of rotatable bonds is 2. The average molecular weight is 291 g/mol. The number of halogens is 2. The number of benzene rings is 1. The first-order chi connectivity index (χ1) is 7.94. The van der Waals surface area contributed by atoms with Crippen LogP contribution in [0.25, 0.3) is 10.9 Å². The van der Waals surface area contributed by atoms with Gasteiger partial charge in [0.15, 0.2) is 9.84 Å². The summed E-state index contributed by atoms with van der Waals surface area (Å²) in [6.07, 6.45) is 0. The van der Waals surface area contributed by atoms with Gasteiger partial charge in [0.2, 0.25) is 5.28 Å². The molecule has 1 aromatic carbocycles. The third kappa shape index (κ3) is 2.36. The summed E-state index contributed by atoms with van der Waals surface area (Å²) in [6, 6.07) is 4.52. The Hall–Kier alpha value is -0.910. The number of fused-ring (bicyclic) bond motifs is 1. The van der Waals surface area contributed by atoms with Crippen molar-refractivity contribution in [2.24, 2.45) is 0 Å². The number of hydrogen-bond acceptors (Lipinski definition) is 4. The van der Waals surface area contributed by atoms with E-state index in [2.05, 4.69) is 9.97 Å². The summed E-state index contributed by atoms with van der Waals surface area (Å²) in [6.45, 7) is 1.58. The van der Waals surface area contributed by atoms with E-state index < -0.39 is 9.84 Å². The lowest BCUT2D eigenvalue weighted by molar-refractivity contribution is 0.597. The first-order valence-electron chi connectivity index (χ1n) is 4.79. The topological polar surface area (TPSA) is 59.9 Å². The van der Waals surface area contributed by atoms with Gasteiger partial charge in [0.1, 0.15) is 5.15 Å². The van der Waals surface area contributed by atoms with Crippen LogP contribution in [0.1, 0.15) is 6.92 Å². The zero-order valence-corrected chi connectivity index (χ0v) is 11.1. The summed E-state index contributed by atoms with van der Waals surface area (Å²) in [5.41, 5.74) is 0.421. The summed E-state index contributed by atoms with van der Waals surface area (Å²) < 4.78 is 23.4. The Morgan fingerprint density at radius 2 is 1.94 bits per heavy atom. The monoisotopic (exact) mass is 290 g/mol. The van der Waals surface area contributed by atoms with Crippen LogP contribution in [0.2, 0.25) is 10.4 Å². The summed E-state index contributed by atoms with van der Waals surface area (Å²) in [4.78, 5) is 7.94. The molecule has 0 unspecified atom stereocenters. The van der Waals surface area contributed by atoms with Crippen molar-refractivity contribution in [3.8, 4) is 0 Å². The van der Waals surface area contributed by atoms with Crippen molar-refractivity contribution < 1.29 is 8.42 Å². The van der Waals surface area contributed by atoms with E-state index in [0.29, 0.717) is 10.9 Å². The summed E-state index contributed by atoms with van der Waals surface area (Å²) in [5.74, 6) is 0.0328. The first-order valence-corrected chi connectivity index (χ1v) is 7.20. The van der Waals surface area contributed by atoms with Gasteiger partial charge >= 0.3 is 0 Å². The predicted molar refractivity (Wildman–Crippen MR) is 67.3 cm³/mol. The maximum absolute atomic E-state index is 11.7. The number of sulfone groups is 1. The molecule has 0 bridgehead atoms. The van der Waals surface area contributed by atoms with Gasteiger partial charge in [-0.2, -0.15) is 0 Å². The minimum atomic E-state index is -3.26. The van der Waals surface area contributed by atoms with E-state index in [0.717, 1.165) is 0 Å². The van der Waals surface area contributed by atoms with Crippen molar-refractivity contribution >= 4 is 43.9 Å². The summed E-state index contributed by atoms with van der Waals surface area (Å²) >= 11 is 11.5. The molecule has 2 rings (SSSR count). The van der Waals surface area contributed by atoms with Gasteiger partial charge in [-0.3, -0.25) is 0 Å². The molecule has 17 heavy (non-hydrogen) atoms. The third-order valence-electron chi connectivity index (χ3n) is 2.33. The van der Waals surface area contributed by atoms with Crippen molar-refractivity contribution in [2.45, 2.75) is 11.8 Å². The molecule has 0 fully saturated rings. The molecule has 90 valence electrons. The lowest BCUT2D eigenvalue weighted by Crippen LogP contribution is -2.03. The standard InChI is InChI=1S/C10H8Cl2N2O2S/c1-2-17(15,16)6-3-4-7-8(5-6)13-10(12)14-9(7)11/h3-5H,2H2,1H3. The van der Waals surface area contributed by atoms with Crippen molar-refractivity contribution in [1.82, 2.24) is 9.97 Å². The van der Waals surface area contributed by atoms with Crippen LogP contribution in [0.3, 0.4) is 0 Å². The molecule has 1 heterocycles. The van der Waals surface area contributed by atoms with E-state index in [-0.39, 0.29) is 21.1 Å². The molecule has 0 saturated carbocycles. The quantitative estimate of drug-likeness (QED) is 0.630. The highest BCUT2D eigenvalue weighted by Gasteiger charge is 2.13. The second-order valence-electron chi connectivity index (χ2n) is 3.37. The van der Waals surface area contributed by atoms with Gasteiger partial charge in [0, 0.05) is 5.39 Å². The van der Waals surface area contributed by atoms with E-state index in [9.17, 15) is 8.42 Å². The van der Waals surface area contributed by atoms with E-state index in [1.54, 1.807) is 13.0 Å². The summed E-state index contributed by atoms with van der Waals surface area (Å²) in [7, 11) is -3.26. The van der Waals surface area contributed by atoms with Crippen LogP contribution in [-0.4, -0.2) is 24.1 Å². The van der Waals surface area contributed by atoms with E-state index in [1.807, 2.05) is 0 Å². The number of hydrogen-bond donors (Lipinski definition) is 0. The van der Waals surface area contributed by atoms with Crippen LogP contribution in [0.4, 0.5) is 0 Å². The Kier molecular flexibility index (Phi) is 3.25. The van der Waals surface area contributed by atoms with Gasteiger partial charge in [-0.05, 0) is 29.8 Å². The Morgan fingerprint density at radius 1 is 1.24 bits per heavy atom. The molecule has 0 saturated heterocycles. The fourth-order valence-corrected chi connectivity index (χ4v) is 2.76. The molecule has 0 aliphatic heterocycles. The fourth-order valence-electron chi connectivity index (χ4n) is 1.40. The molecule has 0 aliphatic carbocycles. The highest BCUT2D eigenvalue weighted by Crippen LogP contribution is 2.24. The SMILES string of the molecule is CCS(=O)(=O)c1ccc2c(Cl)nc(Cl)nc2c1. The van der Waals surface area contributed by atoms with Crippen LogP contribution < -0.4 is 0 Å². The van der Waals surface area contributed by atoms with Crippen molar-refractivity contribution in [2.75, 3.05) is 5.75 Å². The molecule has 0 spiro atoms. The maximum Gasteiger partial charge on any atom is 0.224 e. The van der Waals surface area contributed by atoms with Crippen molar-refractivity contribution in [1.29, 1.82) is 0 Å². The largest absolute Gasteiger partial charge is 0.224 e. The minimum absolute atomic E-state index is 0.00598. The number of nitrogens with zero attached hydrogens (tertiary/aromatic N) is 2. The Balaban J connectivity index is 2.74. The molecule has 0 radical (unpaired) electrons. The van der Waals surface area contributed by atoms with Crippen LogP contribution >= 0.6 is 23.2 Å². The lowest BCUT2D eigenvalue weighted by Gasteiger charge is -2.04. The molecule has 4 nitrogen and oxygen atoms in total. The van der Waals surface area contributed by atoms with Crippen LogP contribution in [-0.2, 0) is 9.84 Å². The van der Waals surface area contributed by atoms with Gasteiger partial charge in [-0.15, -0.1) is 0 Å². The van der Waals surface area contributed by atoms with E-state index >= 15 is 0 Å². The highest BCUT2D eigenvalue weighted by atomic mass is 35.5. The Bertz CT molecular complexity index is 686. The van der Waals surface area contributed by atoms with Crippen LogP contribution in [0.15, 0.2) is 23.1 Å². The molecular formula is C10H8Cl2N2O2S. The highest BCUT2D eigenvalue weighted by molar-refractivity contribution is 7.91. The molecule has 0 aliphatic rings. The van der Waals surface area contributed by atoms with Crippen LogP contribution in [0, 0.1) is 0 Å². The predicted octanol–water partition coefficient (Wildman–Crippen LogP) is 2.73.